The van der Waals surface area contributed by atoms with Crippen LogP contribution in [0.1, 0.15) is 40.8 Å². The van der Waals surface area contributed by atoms with Gasteiger partial charge in [-0.1, -0.05) is 11.6 Å². The van der Waals surface area contributed by atoms with Gasteiger partial charge in [0.1, 0.15) is 5.82 Å². The Hall–Kier alpha value is -1.86. The van der Waals surface area contributed by atoms with Crippen molar-refractivity contribution in [2.24, 2.45) is 7.05 Å². The number of rotatable bonds is 5. The summed E-state index contributed by atoms with van der Waals surface area (Å²) in [6, 6.07) is 0. The molecule has 3 heterocycles. The molecule has 0 N–H and O–H groups in total. The van der Waals surface area contributed by atoms with Crippen molar-refractivity contribution < 1.29 is 4.79 Å². The molecule has 3 rings (SSSR count). The Morgan fingerprint density at radius 1 is 1.42 bits per heavy atom. The Morgan fingerprint density at radius 3 is 2.85 bits per heavy atom. The molecule has 26 heavy (non-hydrogen) atoms. The number of hydrogen-bond donors (Lipinski definition) is 0. The van der Waals surface area contributed by atoms with E-state index in [1.165, 1.54) is 0 Å². The Labute approximate surface area is 159 Å². The molecular weight excluding hydrogens is 352 g/mol. The molecule has 1 amide bonds. The minimum atomic E-state index is -0.0882. The van der Waals surface area contributed by atoms with Crippen molar-refractivity contribution in [3.8, 4) is 0 Å². The van der Waals surface area contributed by atoms with Gasteiger partial charge in [-0.05, 0) is 33.9 Å². The van der Waals surface area contributed by atoms with E-state index in [0.29, 0.717) is 17.3 Å². The summed E-state index contributed by atoms with van der Waals surface area (Å²) in [6.07, 6.45) is 5.88. The maximum absolute atomic E-state index is 12.9. The molecule has 1 aliphatic heterocycles. The van der Waals surface area contributed by atoms with Gasteiger partial charge in [0.2, 0.25) is 0 Å². The first-order valence-corrected chi connectivity index (χ1v) is 9.40. The number of carbonyl (C=O) groups excluding carboxylic acids is 1. The van der Waals surface area contributed by atoms with Crippen LogP contribution in [-0.2, 0) is 13.6 Å². The third-order valence-corrected chi connectivity index (χ3v) is 5.53. The summed E-state index contributed by atoms with van der Waals surface area (Å²) in [5.74, 6) is 1.22. The van der Waals surface area contributed by atoms with Crippen LogP contribution in [0, 0.1) is 6.92 Å². The van der Waals surface area contributed by atoms with Gasteiger partial charge in [0.25, 0.3) is 5.91 Å². The SMILES string of the molecule is Cc1c(Cl)c(C(=O)N2CCCC(c3nccn3CCN(C)C)C2)nn1C. The standard InChI is InChI=1S/C18H27ClN6O/c1-13-15(19)16(21-23(13)4)18(26)25-8-5-6-14(12-25)17-20-7-9-24(17)11-10-22(2)3/h7,9,14H,5-6,8,10-12H2,1-4H3. The van der Waals surface area contributed by atoms with Gasteiger partial charge in [-0.3, -0.25) is 9.48 Å². The monoisotopic (exact) mass is 378 g/mol. The molecule has 7 nitrogen and oxygen atoms in total. The van der Waals surface area contributed by atoms with E-state index in [0.717, 1.165) is 44.0 Å². The third kappa shape index (κ3) is 3.78. The van der Waals surface area contributed by atoms with Crippen molar-refractivity contribution in [2.75, 3.05) is 33.7 Å². The van der Waals surface area contributed by atoms with Crippen LogP contribution in [-0.4, -0.2) is 68.8 Å². The maximum Gasteiger partial charge on any atom is 0.275 e. The molecule has 1 atom stereocenters. The minimum Gasteiger partial charge on any atom is -0.336 e. The Bertz CT molecular complexity index is 781. The van der Waals surface area contributed by atoms with Crippen LogP contribution in [0.4, 0.5) is 0 Å². The predicted molar refractivity (Wildman–Crippen MR) is 102 cm³/mol. The highest BCUT2D eigenvalue weighted by atomic mass is 35.5. The second kappa shape index (κ2) is 7.80. The van der Waals surface area contributed by atoms with Crippen LogP contribution in [0.3, 0.4) is 0 Å². The molecule has 0 aromatic carbocycles. The number of imidazole rings is 1. The summed E-state index contributed by atoms with van der Waals surface area (Å²) >= 11 is 6.31. The first kappa shape index (κ1) is 18.9. The molecule has 0 bridgehead atoms. The van der Waals surface area contributed by atoms with E-state index in [2.05, 4.69) is 33.6 Å². The Balaban J connectivity index is 1.74. The van der Waals surface area contributed by atoms with Crippen molar-refractivity contribution in [2.45, 2.75) is 32.2 Å². The van der Waals surface area contributed by atoms with Gasteiger partial charge in [-0.25, -0.2) is 4.98 Å². The van der Waals surface area contributed by atoms with Gasteiger partial charge in [-0.2, -0.15) is 5.10 Å². The number of likely N-dealkylation sites (tertiary alicyclic amines) is 1. The minimum absolute atomic E-state index is 0.0882. The molecule has 1 saturated heterocycles. The largest absolute Gasteiger partial charge is 0.336 e. The van der Waals surface area contributed by atoms with Crippen molar-refractivity contribution in [3.05, 3.63) is 34.6 Å². The summed E-state index contributed by atoms with van der Waals surface area (Å²) in [5, 5.41) is 4.76. The smallest absolute Gasteiger partial charge is 0.275 e. The lowest BCUT2D eigenvalue weighted by Crippen LogP contribution is -2.40. The average molecular weight is 379 g/mol. The number of halogens is 1. The quantitative estimate of drug-likeness (QED) is 0.800. The van der Waals surface area contributed by atoms with E-state index in [9.17, 15) is 4.79 Å². The van der Waals surface area contributed by atoms with Crippen LogP contribution in [0.25, 0.3) is 0 Å². The number of piperidine rings is 1. The van der Waals surface area contributed by atoms with Gasteiger partial charge in [0.15, 0.2) is 5.69 Å². The number of amides is 1. The highest BCUT2D eigenvalue weighted by Crippen LogP contribution is 2.28. The van der Waals surface area contributed by atoms with Crippen LogP contribution in [0.2, 0.25) is 5.02 Å². The lowest BCUT2D eigenvalue weighted by atomic mass is 9.96. The van der Waals surface area contributed by atoms with Crippen molar-refractivity contribution in [1.29, 1.82) is 0 Å². The molecule has 2 aromatic heterocycles. The fraction of sp³-hybridized carbons (Fsp3) is 0.611. The molecule has 0 saturated carbocycles. The first-order chi connectivity index (χ1) is 12.4. The van der Waals surface area contributed by atoms with E-state index >= 15 is 0 Å². The zero-order valence-electron chi connectivity index (χ0n) is 15.9. The summed E-state index contributed by atoms with van der Waals surface area (Å²) < 4.78 is 3.86. The number of aryl methyl sites for hydroxylation is 1. The van der Waals surface area contributed by atoms with Gasteiger partial charge in [0.05, 0.1) is 10.7 Å². The molecule has 2 aromatic rings. The third-order valence-electron chi connectivity index (χ3n) is 5.07. The van der Waals surface area contributed by atoms with Gasteiger partial charge >= 0.3 is 0 Å². The Kier molecular flexibility index (Phi) is 5.67. The number of hydrogen-bond acceptors (Lipinski definition) is 4. The van der Waals surface area contributed by atoms with Crippen molar-refractivity contribution >= 4 is 17.5 Å². The zero-order chi connectivity index (χ0) is 18.8. The molecule has 1 fully saturated rings. The second-order valence-electron chi connectivity index (χ2n) is 7.24. The normalized spacial score (nSPS) is 17.9. The number of likely N-dealkylation sites (N-methyl/N-ethyl adjacent to an activating group) is 1. The number of aromatic nitrogens is 4. The first-order valence-electron chi connectivity index (χ1n) is 9.02. The lowest BCUT2D eigenvalue weighted by Gasteiger charge is -2.32. The zero-order valence-corrected chi connectivity index (χ0v) is 16.7. The Morgan fingerprint density at radius 2 is 2.19 bits per heavy atom. The molecule has 142 valence electrons. The van der Waals surface area contributed by atoms with E-state index in [1.54, 1.807) is 11.7 Å². The molecule has 1 unspecified atom stereocenters. The van der Waals surface area contributed by atoms with Gasteiger partial charge in [-0.15, -0.1) is 0 Å². The summed E-state index contributed by atoms with van der Waals surface area (Å²) in [6.45, 7) is 5.12. The van der Waals surface area contributed by atoms with Gasteiger partial charge < -0.3 is 14.4 Å². The van der Waals surface area contributed by atoms with E-state index in [1.807, 2.05) is 24.2 Å². The molecule has 0 spiro atoms. The fourth-order valence-corrected chi connectivity index (χ4v) is 3.66. The molecule has 0 aliphatic carbocycles. The second-order valence-corrected chi connectivity index (χ2v) is 7.62. The summed E-state index contributed by atoms with van der Waals surface area (Å²) in [5.41, 5.74) is 1.16. The van der Waals surface area contributed by atoms with Crippen molar-refractivity contribution in [1.82, 2.24) is 29.1 Å². The number of nitrogens with zero attached hydrogens (tertiary/aromatic N) is 6. The van der Waals surface area contributed by atoms with E-state index < -0.39 is 0 Å². The van der Waals surface area contributed by atoms with E-state index in [-0.39, 0.29) is 11.8 Å². The molecule has 1 aliphatic rings. The summed E-state index contributed by atoms with van der Waals surface area (Å²) in [7, 11) is 5.94. The van der Waals surface area contributed by atoms with E-state index in [4.69, 9.17) is 11.6 Å². The predicted octanol–water partition coefficient (Wildman–Crippen LogP) is 2.16. The average Bonchev–Trinajstić information content (AvgIpc) is 3.20. The van der Waals surface area contributed by atoms with Crippen LogP contribution >= 0.6 is 11.6 Å². The van der Waals surface area contributed by atoms with Crippen LogP contribution in [0.15, 0.2) is 12.4 Å². The molecule has 0 radical (unpaired) electrons. The maximum atomic E-state index is 12.9. The molecular formula is C18H27ClN6O. The summed E-state index contributed by atoms with van der Waals surface area (Å²) in [4.78, 5) is 21.5. The highest BCUT2D eigenvalue weighted by Gasteiger charge is 2.30. The van der Waals surface area contributed by atoms with Crippen LogP contribution in [0.5, 0.6) is 0 Å². The topological polar surface area (TPSA) is 59.2 Å². The highest BCUT2D eigenvalue weighted by molar-refractivity contribution is 6.34. The van der Waals surface area contributed by atoms with Gasteiger partial charge in [0, 0.05) is 51.5 Å². The lowest BCUT2D eigenvalue weighted by molar-refractivity contribution is 0.0696. The molecule has 8 heteroatoms. The number of carbonyl (C=O) groups is 1. The van der Waals surface area contributed by atoms with Crippen LogP contribution < -0.4 is 0 Å². The van der Waals surface area contributed by atoms with Crippen molar-refractivity contribution in [3.63, 3.8) is 0 Å². The fourth-order valence-electron chi connectivity index (χ4n) is 3.42.